The third-order valence-electron chi connectivity index (χ3n) is 7.00. The molecule has 32 heavy (non-hydrogen) atoms. The minimum absolute atomic E-state index is 0.0646. The molecule has 2 atom stereocenters. The monoisotopic (exact) mass is 442 g/mol. The van der Waals surface area contributed by atoms with E-state index in [9.17, 15) is 24.5 Å². The zero-order valence-electron chi connectivity index (χ0n) is 17.8. The average Bonchev–Trinajstić information content (AvgIpc) is 3.56. The Bertz CT molecular complexity index is 1130. The van der Waals surface area contributed by atoms with Crippen molar-refractivity contribution in [3.63, 3.8) is 0 Å². The largest absolute Gasteiger partial charge is 0.419 e. The molecule has 0 spiro atoms. The smallest absolute Gasteiger partial charge is 0.407 e. The number of likely N-dealkylation sites (tertiary alicyclic amines) is 2. The van der Waals surface area contributed by atoms with Crippen molar-refractivity contribution in [2.24, 2.45) is 5.92 Å². The summed E-state index contributed by atoms with van der Waals surface area (Å²) in [7, 11) is 0. The molecule has 3 fully saturated rings. The van der Waals surface area contributed by atoms with E-state index >= 15 is 0 Å². The molecule has 0 N–H and O–H groups in total. The summed E-state index contributed by atoms with van der Waals surface area (Å²) >= 11 is 0. The van der Waals surface area contributed by atoms with Crippen LogP contribution >= 0.6 is 0 Å². The number of nitro benzene ring substituents is 1. The number of carbonyl (C=O) groups is 2. The Morgan fingerprint density at radius 1 is 1.19 bits per heavy atom. The van der Waals surface area contributed by atoms with Gasteiger partial charge in [-0.3, -0.25) is 24.3 Å². The van der Waals surface area contributed by atoms with Crippen LogP contribution in [0.3, 0.4) is 0 Å². The number of hydrogen-bond donors (Lipinski definition) is 0. The van der Waals surface area contributed by atoms with Gasteiger partial charge in [0.2, 0.25) is 11.8 Å². The van der Waals surface area contributed by atoms with E-state index in [0.29, 0.717) is 56.4 Å². The lowest BCUT2D eigenvalue weighted by molar-refractivity contribution is -0.384. The molecular formula is C22H26N4O6. The fourth-order valence-corrected chi connectivity index (χ4v) is 5.27. The topological polar surface area (TPSA) is 119 Å². The third kappa shape index (κ3) is 3.78. The van der Waals surface area contributed by atoms with Gasteiger partial charge in [0.1, 0.15) is 0 Å². The fraction of sp³-hybridized carbons (Fsp3) is 0.591. The van der Waals surface area contributed by atoms with E-state index < -0.39 is 10.7 Å². The number of carbonyl (C=O) groups excluding carboxylic acids is 2. The molecule has 3 heterocycles. The maximum absolute atomic E-state index is 12.8. The summed E-state index contributed by atoms with van der Waals surface area (Å²) in [6.45, 7) is 1.66. The fourth-order valence-electron chi connectivity index (χ4n) is 5.27. The maximum atomic E-state index is 12.8. The minimum Gasteiger partial charge on any atom is -0.407 e. The van der Waals surface area contributed by atoms with E-state index in [2.05, 4.69) is 4.90 Å². The van der Waals surface area contributed by atoms with Crippen LogP contribution in [0, 0.1) is 16.0 Å². The molecule has 2 aromatic rings. The van der Waals surface area contributed by atoms with E-state index in [1.54, 1.807) is 0 Å². The summed E-state index contributed by atoms with van der Waals surface area (Å²) in [6, 6.07) is 4.77. The number of benzene rings is 1. The van der Waals surface area contributed by atoms with Crippen molar-refractivity contribution in [3.8, 4) is 0 Å². The van der Waals surface area contributed by atoms with Crippen molar-refractivity contribution >= 4 is 28.6 Å². The van der Waals surface area contributed by atoms with Crippen molar-refractivity contribution < 1.29 is 18.9 Å². The summed E-state index contributed by atoms with van der Waals surface area (Å²) in [6.07, 6.45) is 5.26. The van der Waals surface area contributed by atoms with Gasteiger partial charge in [0.25, 0.3) is 5.69 Å². The van der Waals surface area contributed by atoms with E-state index in [-0.39, 0.29) is 29.1 Å². The van der Waals surface area contributed by atoms with Gasteiger partial charge in [-0.25, -0.2) is 4.79 Å². The van der Waals surface area contributed by atoms with Crippen LogP contribution in [0.2, 0.25) is 0 Å². The summed E-state index contributed by atoms with van der Waals surface area (Å²) in [4.78, 5) is 51.7. The van der Waals surface area contributed by atoms with Crippen LogP contribution < -0.4 is 5.76 Å². The first-order valence-corrected chi connectivity index (χ1v) is 11.3. The van der Waals surface area contributed by atoms with Crippen molar-refractivity contribution in [1.82, 2.24) is 14.4 Å². The van der Waals surface area contributed by atoms with Gasteiger partial charge < -0.3 is 14.2 Å². The van der Waals surface area contributed by atoms with E-state index in [1.807, 2.05) is 4.90 Å². The van der Waals surface area contributed by atoms with Gasteiger partial charge in [-0.15, -0.1) is 0 Å². The number of aromatic nitrogens is 1. The van der Waals surface area contributed by atoms with Gasteiger partial charge in [-0.05, 0) is 44.1 Å². The minimum atomic E-state index is -0.583. The van der Waals surface area contributed by atoms with Gasteiger partial charge in [0.05, 0.1) is 16.5 Å². The highest BCUT2D eigenvalue weighted by Gasteiger charge is 2.45. The van der Waals surface area contributed by atoms with Crippen LogP contribution in [0.4, 0.5) is 5.69 Å². The number of hydrogen-bond acceptors (Lipinski definition) is 6. The second-order valence-electron chi connectivity index (χ2n) is 9.06. The molecule has 2 amide bonds. The average molecular weight is 442 g/mol. The van der Waals surface area contributed by atoms with E-state index in [4.69, 9.17) is 4.42 Å². The second kappa shape index (κ2) is 8.07. The standard InChI is InChI=1S/C22H26N4O6/c27-20(23-11-9-17-14(13-23)3-8-21(28)25(17)15-4-5-15)2-1-10-24-18-7-6-16(26(30)31)12-19(18)32-22(24)29/h6-7,12,14-15,17H,1-5,8-11,13H2/t14-,17+/m1/s1. The SMILES string of the molecule is O=C(CCCn1c(=O)oc2cc([N+](=O)[O-])ccc21)N1CC[C@H]2[C@H](CCC(=O)N2C2CC2)C1. The van der Waals surface area contributed by atoms with Crippen LogP contribution in [0.5, 0.6) is 0 Å². The van der Waals surface area contributed by atoms with Crippen molar-refractivity contribution in [3.05, 3.63) is 38.9 Å². The predicted molar refractivity (Wildman–Crippen MR) is 114 cm³/mol. The lowest BCUT2D eigenvalue weighted by Gasteiger charge is -2.47. The number of rotatable bonds is 6. The Balaban J connectivity index is 1.18. The Morgan fingerprint density at radius 2 is 2.00 bits per heavy atom. The van der Waals surface area contributed by atoms with Crippen LogP contribution in [-0.2, 0) is 16.1 Å². The van der Waals surface area contributed by atoms with Crippen LogP contribution in [0.25, 0.3) is 11.1 Å². The number of amides is 2. The zero-order valence-corrected chi connectivity index (χ0v) is 17.8. The number of aryl methyl sites for hydroxylation is 1. The number of oxazole rings is 1. The Morgan fingerprint density at radius 3 is 2.75 bits per heavy atom. The first-order chi connectivity index (χ1) is 15.4. The number of nitro groups is 1. The van der Waals surface area contributed by atoms with Crippen LogP contribution in [0.1, 0.15) is 44.9 Å². The van der Waals surface area contributed by atoms with Crippen molar-refractivity contribution in [2.45, 2.75) is 63.6 Å². The molecule has 170 valence electrons. The highest BCUT2D eigenvalue weighted by Crippen LogP contribution is 2.39. The molecule has 1 aromatic heterocycles. The molecule has 5 rings (SSSR count). The molecule has 3 aliphatic rings. The predicted octanol–water partition coefficient (Wildman–Crippen LogP) is 2.28. The highest BCUT2D eigenvalue weighted by molar-refractivity contribution is 5.79. The van der Waals surface area contributed by atoms with Gasteiger partial charge in [-0.1, -0.05) is 0 Å². The first-order valence-electron chi connectivity index (χ1n) is 11.3. The number of non-ortho nitro benzene ring substituents is 1. The molecule has 10 heteroatoms. The molecule has 10 nitrogen and oxygen atoms in total. The third-order valence-corrected chi connectivity index (χ3v) is 7.00. The maximum Gasteiger partial charge on any atom is 0.419 e. The summed E-state index contributed by atoms with van der Waals surface area (Å²) in [5.74, 6) is 0.106. The second-order valence-corrected chi connectivity index (χ2v) is 9.06. The van der Waals surface area contributed by atoms with Gasteiger partial charge in [0.15, 0.2) is 5.58 Å². The molecule has 1 aromatic carbocycles. The number of fused-ring (bicyclic) bond motifs is 2. The molecule has 1 aliphatic carbocycles. The molecule has 2 saturated heterocycles. The molecule has 0 radical (unpaired) electrons. The zero-order chi connectivity index (χ0) is 22.4. The number of piperidine rings is 2. The number of nitrogens with zero attached hydrogens (tertiary/aromatic N) is 4. The quantitative estimate of drug-likeness (QED) is 0.500. The molecule has 0 bridgehead atoms. The van der Waals surface area contributed by atoms with Crippen LogP contribution in [0.15, 0.2) is 27.4 Å². The summed E-state index contributed by atoms with van der Waals surface area (Å²) in [5, 5.41) is 10.9. The lowest BCUT2D eigenvalue weighted by Crippen LogP contribution is -2.57. The highest BCUT2D eigenvalue weighted by atomic mass is 16.6. The van der Waals surface area contributed by atoms with E-state index in [0.717, 1.165) is 25.7 Å². The van der Waals surface area contributed by atoms with Crippen molar-refractivity contribution in [1.29, 1.82) is 0 Å². The molecule has 0 unspecified atom stereocenters. The van der Waals surface area contributed by atoms with Gasteiger partial charge in [-0.2, -0.15) is 0 Å². The van der Waals surface area contributed by atoms with Crippen LogP contribution in [-0.4, -0.2) is 56.3 Å². The molecule has 2 aliphatic heterocycles. The van der Waals surface area contributed by atoms with Gasteiger partial charge in [0, 0.05) is 50.6 Å². The normalized spacial score (nSPS) is 23.4. The van der Waals surface area contributed by atoms with Gasteiger partial charge >= 0.3 is 5.76 Å². The Kier molecular flexibility index (Phi) is 5.22. The Hall–Kier alpha value is -3.17. The summed E-state index contributed by atoms with van der Waals surface area (Å²) in [5.41, 5.74) is 0.521. The first kappa shape index (κ1) is 20.7. The Labute approximate surface area is 183 Å². The van der Waals surface area contributed by atoms with E-state index in [1.165, 1.54) is 22.8 Å². The molecular weight excluding hydrogens is 416 g/mol. The lowest BCUT2D eigenvalue weighted by atomic mass is 9.83. The van der Waals surface area contributed by atoms with Crippen molar-refractivity contribution in [2.75, 3.05) is 13.1 Å². The molecule has 1 saturated carbocycles. The summed E-state index contributed by atoms with van der Waals surface area (Å²) < 4.78 is 6.56.